The molecule has 0 atom stereocenters. The van der Waals surface area contributed by atoms with E-state index in [-0.39, 0.29) is 5.75 Å². The van der Waals surface area contributed by atoms with Gasteiger partial charge in [0, 0.05) is 18.4 Å². The summed E-state index contributed by atoms with van der Waals surface area (Å²) in [7, 11) is -3.28. The Morgan fingerprint density at radius 3 is 2.17 bits per heavy atom. The lowest BCUT2D eigenvalue weighted by molar-refractivity contribution is -2.00. The molecule has 8 nitrogen and oxygen atoms in total. The molecule has 0 aliphatic carbocycles. The Morgan fingerprint density at radius 1 is 0.933 bits per heavy atom. The summed E-state index contributed by atoms with van der Waals surface area (Å²) in [5, 5.41) is 12.0. The largest absolute Gasteiger partial charge is 0.508 e. The van der Waals surface area contributed by atoms with Crippen molar-refractivity contribution in [2.45, 2.75) is 19.3 Å². The minimum atomic E-state index is -4.94. The standard InChI is InChI=1S/C21H21NO3.ClHO4/c1-24-17-8-5-15(6-9-17)21-14-19(22-11-3-2-4-12-22)18-13-16(23)7-10-20(18)25-21;2-1(3,4)5/h5-10,13-14H,2-4,11-12H2,1H3;(H,2,3,4,5). The van der Waals surface area contributed by atoms with E-state index in [2.05, 4.69) is 10.6 Å². The number of phenols is 1. The van der Waals surface area contributed by atoms with Gasteiger partial charge in [-0.3, -0.25) is 0 Å². The zero-order chi connectivity index (χ0) is 21.7. The van der Waals surface area contributed by atoms with Crippen molar-refractivity contribution in [3.8, 4) is 22.8 Å². The first-order chi connectivity index (χ1) is 14.2. The molecule has 1 aromatic heterocycles. The van der Waals surface area contributed by atoms with Gasteiger partial charge >= 0.3 is 0 Å². The van der Waals surface area contributed by atoms with E-state index in [4.69, 9.17) is 27.8 Å². The molecule has 0 spiro atoms. The molecule has 0 saturated carbocycles. The van der Waals surface area contributed by atoms with Crippen molar-refractivity contribution in [3.05, 3.63) is 53.9 Å². The number of rotatable bonds is 2. The van der Waals surface area contributed by atoms with Crippen LogP contribution in [0, 0.1) is 10.2 Å². The normalized spacial score (nSPS) is 14.2. The Labute approximate surface area is 175 Å². The summed E-state index contributed by atoms with van der Waals surface area (Å²) in [6.45, 7) is 2.08. The molecule has 1 aliphatic heterocycles. The first kappa shape index (κ1) is 22.1. The molecule has 4 rings (SSSR count). The van der Waals surface area contributed by atoms with Gasteiger partial charge in [-0.1, -0.05) is 0 Å². The highest BCUT2D eigenvalue weighted by atomic mass is 35.7. The van der Waals surface area contributed by atoms with Gasteiger partial charge in [0.2, 0.25) is 5.36 Å². The van der Waals surface area contributed by atoms with Crippen molar-refractivity contribution < 1.29 is 43.1 Å². The molecule has 1 saturated heterocycles. The van der Waals surface area contributed by atoms with E-state index < -0.39 is 10.2 Å². The summed E-state index contributed by atoms with van der Waals surface area (Å²) < 4.78 is 47.7. The molecular weight excluding hydrogens is 414 g/mol. The Kier molecular flexibility index (Phi) is 6.96. The fourth-order valence-electron chi connectivity index (χ4n) is 3.45. The predicted octanol–water partition coefficient (Wildman–Crippen LogP) is -0.986. The van der Waals surface area contributed by atoms with Crippen LogP contribution in [0.15, 0.2) is 52.9 Å². The van der Waals surface area contributed by atoms with Crippen LogP contribution in [0.25, 0.3) is 22.3 Å². The van der Waals surface area contributed by atoms with Crippen LogP contribution in [-0.4, -0.2) is 25.3 Å². The SMILES string of the molecule is COc1ccc(-c2cc(=[N+]3CCCCC3)c3cc(O)ccc3o2)cc1.[O-][Cl+3]([O-])([O-])[O-]. The fraction of sp³-hybridized carbons (Fsp3) is 0.286. The predicted molar refractivity (Wildman–Crippen MR) is 98.7 cm³/mol. The maximum absolute atomic E-state index is 9.92. The number of ether oxygens (including phenoxy) is 1. The van der Waals surface area contributed by atoms with Crippen molar-refractivity contribution >= 4 is 11.0 Å². The number of fused-ring (bicyclic) bond motifs is 1. The summed E-state index contributed by atoms with van der Waals surface area (Å²) in [5.74, 6) is 1.91. The third-order valence-corrected chi connectivity index (χ3v) is 4.80. The van der Waals surface area contributed by atoms with Crippen molar-refractivity contribution in [2.75, 3.05) is 20.2 Å². The van der Waals surface area contributed by atoms with Crippen LogP contribution in [0.2, 0.25) is 0 Å². The monoisotopic (exact) mass is 435 g/mol. The van der Waals surface area contributed by atoms with Crippen LogP contribution in [0.5, 0.6) is 11.5 Å². The molecule has 160 valence electrons. The van der Waals surface area contributed by atoms with Crippen LogP contribution >= 0.6 is 0 Å². The van der Waals surface area contributed by atoms with Crippen LogP contribution in [0.3, 0.4) is 0 Å². The van der Waals surface area contributed by atoms with Crippen molar-refractivity contribution in [1.29, 1.82) is 0 Å². The van der Waals surface area contributed by atoms with Crippen LogP contribution in [0.1, 0.15) is 19.3 Å². The highest BCUT2D eigenvalue weighted by molar-refractivity contribution is 5.80. The summed E-state index contributed by atoms with van der Waals surface area (Å²) in [4.78, 5) is 0. The second kappa shape index (κ2) is 9.46. The molecule has 1 fully saturated rings. The van der Waals surface area contributed by atoms with Crippen molar-refractivity contribution in [2.24, 2.45) is 0 Å². The molecular formula is C21H22ClNO7. The first-order valence-electron chi connectivity index (χ1n) is 9.35. The summed E-state index contributed by atoms with van der Waals surface area (Å²) in [6, 6.07) is 15.3. The van der Waals surface area contributed by atoms with Gasteiger partial charge in [-0.15, -0.1) is 10.2 Å². The van der Waals surface area contributed by atoms with Gasteiger partial charge in [0.1, 0.15) is 35.9 Å². The molecule has 0 bridgehead atoms. The van der Waals surface area contributed by atoms with Gasteiger partial charge in [0.15, 0.2) is 0 Å². The van der Waals surface area contributed by atoms with Gasteiger partial charge in [0.25, 0.3) is 0 Å². The highest BCUT2D eigenvalue weighted by Gasteiger charge is 2.16. The van der Waals surface area contributed by atoms with E-state index in [9.17, 15) is 5.11 Å². The maximum atomic E-state index is 9.92. The number of hydrogen-bond acceptors (Lipinski definition) is 7. The van der Waals surface area contributed by atoms with Gasteiger partial charge < -0.3 is 14.3 Å². The number of benzene rings is 2. The van der Waals surface area contributed by atoms with Gasteiger partial charge in [-0.2, -0.15) is 0 Å². The van der Waals surface area contributed by atoms with E-state index in [1.807, 2.05) is 30.3 Å². The fourth-order valence-corrected chi connectivity index (χ4v) is 3.45. The zero-order valence-corrected chi connectivity index (χ0v) is 17.1. The van der Waals surface area contributed by atoms with Gasteiger partial charge in [-0.05, 0) is 48.9 Å². The maximum Gasteiger partial charge on any atom is 0.214 e. The van der Waals surface area contributed by atoms with E-state index in [0.29, 0.717) is 0 Å². The van der Waals surface area contributed by atoms with E-state index in [1.165, 1.54) is 19.3 Å². The molecule has 9 heteroatoms. The summed E-state index contributed by atoms with van der Waals surface area (Å²) >= 11 is 0. The minimum absolute atomic E-state index is 0.262. The van der Waals surface area contributed by atoms with E-state index in [0.717, 1.165) is 46.5 Å². The van der Waals surface area contributed by atoms with Crippen molar-refractivity contribution in [3.63, 3.8) is 0 Å². The average molecular weight is 436 g/mol. The molecule has 0 unspecified atom stereocenters. The quantitative estimate of drug-likeness (QED) is 0.510. The third-order valence-electron chi connectivity index (χ3n) is 4.80. The smallest absolute Gasteiger partial charge is 0.214 e. The van der Waals surface area contributed by atoms with Gasteiger partial charge in [0.05, 0.1) is 18.6 Å². The molecule has 1 N–H and O–H groups in total. The Bertz CT molecular complexity index is 1060. The zero-order valence-electron chi connectivity index (χ0n) is 16.4. The Hall–Kier alpha value is -2.62. The molecule has 0 radical (unpaired) electrons. The number of aromatic hydroxyl groups is 1. The third kappa shape index (κ3) is 5.94. The topological polar surface area (TPSA) is 138 Å². The number of halogens is 1. The number of hydrogen-bond donors (Lipinski definition) is 1. The lowest BCUT2D eigenvalue weighted by Crippen LogP contribution is -2.68. The number of nitrogens with zero attached hydrogens (tertiary/aromatic N) is 1. The van der Waals surface area contributed by atoms with Gasteiger partial charge in [-0.25, -0.2) is 23.2 Å². The number of piperidine rings is 1. The highest BCUT2D eigenvalue weighted by Crippen LogP contribution is 2.26. The molecule has 30 heavy (non-hydrogen) atoms. The van der Waals surface area contributed by atoms with Crippen LogP contribution in [-0.2, 0) is 0 Å². The lowest BCUT2D eigenvalue weighted by atomic mass is 10.1. The average Bonchev–Trinajstić information content (AvgIpc) is 2.72. The molecule has 0 amide bonds. The second-order valence-corrected chi connectivity index (χ2v) is 7.59. The molecule has 3 aromatic rings. The van der Waals surface area contributed by atoms with Crippen LogP contribution < -0.4 is 33.3 Å². The van der Waals surface area contributed by atoms with E-state index in [1.54, 1.807) is 19.2 Å². The molecule has 1 aliphatic rings. The summed E-state index contributed by atoms with van der Waals surface area (Å²) in [6.07, 6.45) is 3.68. The summed E-state index contributed by atoms with van der Waals surface area (Å²) in [5.41, 5.74) is 1.79. The van der Waals surface area contributed by atoms with Crippen LogP contribution in [0.4, 0.5) is 0 Å². The lowest BCUT2D eigenvalue weighted by Gasteiger charge is -2.17. The molecule has 2 heterocycles. The second-order valence-electron chi connectivity index (χ2n) is 6.83. The number of methoxy groups -OCH3 is 1. The number of phenolic OH excluding ortho intramolecular Hbond substituents is 1. The van der Waals surface area contributed by atoms with E-state index >= 15 is 0 Å². The Morgan fingerprint density at radius 2 is 1.57 bits per heavy atom. The van der Waals surface area contributed by atoms with Crippen molar-refractivity contribution in [1.82, 2.24) is 4.58 Å². The first-order valence-corrected chi connectivity index (χ1v) is 10.6. The Balaban J connectivity index is 0.000000461. The molecule has 2 aromatic carbocycles. The minimum Gasteiger partial charge on any atom is -0.508 e.